The third-order valence-electron chi connectivity index (χ3n) is 14.2. The van der Waals surface area contributed by atoms with Gasteiger partial charge in [0.1, 0.15) is 51.2 Å². The van der Waals surface area contributed by atoms with Crippen molar-refractivity contribution in [3.63, 3.8) is 0 Å². The molecule has 12 aromatic rings. The maximum Gasteiger partial charge on any atom is 1.00 e. The summed E-state index contributed by atoms with van der Waals surface area (Å²) in [5, 5.41) is 57.1. The number of nitrogens with one attached hydrogen (secondary N) is 7. The number of nitrogen functional groups attached to an aromatic ring is 1. The second kappa shape index (κ2) is 56.7. The number of aromatic carboxylic acids is 1. The minimum absolute atomic E-state index is 0. The molecule has 0 aliphatic carbocycles. The summed E-state index contributed by atoms with van der Waals surface area (Å²) in [7, 11) is 9.14. The van der Waals surface area contributed by atoms with Gasteiger partial charge in [-0.05, 0) is 96.6 Å². The van der Waals surface area contributed by atoms with Crippen molar-refractivity contribution in [3.8, 4) is 6.07 Å². The van der Waals surface area contributed by atoms with Crippen LogP contribution in [0, 0.1) is 11.3 Å². The number of anilines is 9. The van der Waals surface area contributed by atoms with Crippen LogP contribution in [0.1, 0.15) is 129 Å². The summed E-state index contributed by atoms with van der Waals surface area (Å²) >= 11 is 28.1. The molecule has 0 fully saturated rings. The molecule has 0 saturated carbocycles. The molecule has 4 amide bonds. The molecule has 12 rings (SSSR count). The summed E-state index contributed by atoms with van der Waals surface area (Å²) in [5.41, 5.74) is 29.7. The van der Waals surface area contributed by atoms with Crippen molar-refractivity contribution >= 4 is 157 Å². The SMILES string of the molecule is C.C.CC(=O)C#N.CC(=O)Nc1cccc(N)c1.CC(=O)Nc1cccc(Nc2ncc(C(N)=O)c(NCc3cnn(C)c3)n2)c1.CCOC(=O)c1cnc(Cl)nc1Cl.CCOC(=O)c1cnc(Cl)nc1NCc1cnn(C)c1.Cn1cc(CN)cn1.Cn1cc(CNc2nc(Cl)ncc2C(=O)O)cn1.Cn1cc(CNc2nc(Cl)ncc2C(N)=O)cn1.[Li+].[OH-]. The normalized spacial score (nSPS) is 9.62. The second-order valence-corrected chi connectivity index (χ2v) is 25.8. The Labute approximate surface area is 754 Å². The van der Waals surface area contributed by atoms with Gasteiger partial charge in [0.15, 0.2) is 0 Å². The van der Waals surface area contributed by atoms with E-state index in [9.17, 15) is 38.4 Å². The number of aryl methyl sites for hydroxylation is 5. The molecule has 0 bridgehead atoms. The number of primary amides is 2. The maximum atomic E-state index is 11.8. The van der Waals surface area contributed by atoms with E-state index in [1.54, 1.807) is 124 Å². The van der Waals surface area contributed by atoms with Crippen LogP contribution < -0.4 is 79.0 Å². The smallest absolute Gasteiger partial charge is 0.870 e. The fraction of sp³-hybridized carbons (Fsp3) is 0.253. The van der Waals surface area contributed by atoms with Gasteiger partial charge in [-0.2, -0.15) is 50.7 Å². The molecule has 10 aromatic heterocycles. The molecule has 2 aromatic carbocycles. The Hall–Kier alpha value is -13.9. The second-order valence-electron chi connectivity index (χ2n) is 24.1. The van der Waals surface area contributed by atoms with E-state index in [1.165, 1.54) is 57.8 Å². The molecule has 0 spiro atoms. The molecule has 0 saturated heterocycles. The van der Waals surface area contributed by atoms with Crippen molar-refractivity contribution in [2.24, 2.45) is 52.4 Å². The number of nitrogens with two attached hydrogens (primary N) is 4. The summed E-state index contributed by atoms with van der Waals surface area (Å²) < 4.78 is 18.1. The maximum absolute atomic E-state index is 11.8. The average Bonchev–Trinajstić information content (AvgIpc) is 1.53. The van der Waals surface area contributed by atoms with Gasteiger partial charge in [0.25, 0.3) is 11.8 Å². The average molecular weight is 1820 g/mol. The van der Waals surface area contributed by atoms with E-state index in [0.29, 0.717) is 67.2 Å². The molecule has 125 heavy (non-hydrogen) atoms. The van der Waals surface area contributed by atoms with E-state index in [2.05, 4.69) is 113 Å². The zero-order valence-corrected chi connectivity index (χ0v) is 71.6. The van der Waals surface area contributed by atoms with Crippen LogP contribution in [-0.4, -0.2) is 170 Å². The standard InChI is InChI=1S/C18H20N8O2.C12H14ClN5O2.C10H11ClN6O.C10H10ClN5O2.C8H10N2O.C7H6Cl2N2O2.C5H9N3.C3H3NO.2CH4.Li.H2O/c1-11(27)23-13-4-3-5-14(6-13)24-18-21-9-15(16(19)28)17(25-18)20-7-12-8-22-26(2)10-12;1-3-20-11(19)9-6-15-12(13)17-10(9)14-4-8-5-16-18(2)7-8;1-17-5-6(3-15-17)2-13-9-7(8(12)18)4-14-10(11)16-9;1-16-5-6(3-14-16)2-12-8-7(9(17)18)4-13-10(11)15-8;1-6(11)10-8-4-2-3-7(9)5-8;1-2-13-6(12)4-3-10-7(9)11-5(4)8;1-8-4-5(2-6)3-7-8;1-3(5)2-4;;;;/h3-6,8-10H,7H2,1-2H3,(H2,19,28)(H,23,27)(H2,20,21,24,25);5-7H,3-4H2,1-2H3,(H,14,15,17);3-5H,2H2,1H3,(H2,12,18)(H,13,14,16);3-5H,2H2,1H3,(H,17,18)(H,12,13,15);2-5H,9H2,1H3,(H,10,11);3H,2H2,1H3;3-4H,2,6H2,1H3;1H3;2*1H4;;1H2/q;;;;;;;;;;+1;/p-1. The van der Waals surface area contributed by atoms with Crippen molar-refractivity contribution in [1.29, 1.82) is 5.26 Å². The first kappa shape index (κ1) is 109. The number of amides is 4. The quantitative estimate of drug-likeness (QED) is 0.00789. The number of esters is 2. The van der Waals surface area contributed by atoms with Crippen molar-refractivity contribution in [2.45, 2.75) is 82.2 Å². The zero-order valence-electron chi connectivity index (χ0n) is 67.8. The Morgan fingerprint density at radius 1 is 0.464 bits per heavy atom. The number of carboxylic acid groups (broad SMARTS) is 1. The number of rotatable bonds is 24. The number of carbonyl (C=O) groups excluding carboxylic acids is 7. The van der Waals surface area contributed by atoms with Crippen LogP contribution in [0.5, 0.6) is 0 Å². The van der Waals surface area contributed by atoms with Gasteiger partial charge in [0, 0.05) is 201 Å². The van der Waals surface area contributed by atoms with Crippen LogP contribution in [0.25, 0.3) is 0 Å². The van der Waals surface area contributed by atoms with Crippen molar-refractivity contribution in [1.82, 2.24) is 98.7 Å². The summed E-state index contributed by atoms with van der Waals surface area (Å²) in [6, 6.07) is 15.6. The Kier molecular flexibility index (Phi) is 49.5. The molecule has 0 aliphatic heterocycles. The predicted octanol–water partition coefficient (Wildman–Crippen LogP) is 6.29. The van der Waals surface area contributed by atoms with Gasteiger partial charge in [0.2, 0.25) is 44.7 Å². The van der Waals surface area contributed by atoms with Gasteiger partial charge in [-0.15, -0.1) is 0 Å². The van der Waals surface area contributed by atoms with E-state index in [0.717, 1.165) is 33.5 Å². The van der Waals surface area contributed by atoms with Crippen LogP contribution in [0.4, 0.5) is 52.0 Å². The van der Waals surface area contributed by atoms with Crippen LogP contribution in [0.2, 0.25) is 26.3 Å². The minimum atomic E-state index is -1.11. The van der Waals surface area contributed by atoms with Gasteiger partial charge in [-0.3, -0.25) is 47.4 Å². The molecule has 0 aliphatic rings. The number of hydrogen-bond acceptors (Lipinski definition) is 34. The largest absolute Gasteiger partial charge is 1.00 e. The summed E-state index contributed by atoms with van der Waals surface area (Å²) in [5.74, 6) is -2.66. The molecule has 0 radical (unpaired) electrons. The number of aromatic nitrogens is 20. The van der Waals surface area contributed by atoms with Crippen LogP contribution >= 0.6 is 58.0 Å². The Bertz CT molecular complexity index is 5430. The van der Waals surface area contributed by atoms with Gasteiger partial charge >= 0.3 is 36.8 Å². The number of carbonyl (C=O) groups is 8. The van der Waals surface area contributed by atoms with Crippen molar-refractivity contribution < 1.29 is 77.3 Å². The number of Topliss-reactive ketones (excluding diaryl/α,β-unsaturated/α-hetero) is 1. The molecule has 50 heteroatoms. The van der Waals surface area contributed by atoms with E-state index >= 15 is 0 Å². The van der Waals surface area contributed by atoms with Gasteiger partial charge in [-0.1, -0.05) is 38.6 Å². The number of nitrogens with zero attached hydrogens (tertiary/aromatic N) is 21. The van der Waals surface area contributed by atoms with Gasteiger partial charge in [0.05, 0.1) is 55.3 Å². The number of halogens is 5. The van der Waals surface area contributed by atoms with Crippen molar-refractivity contribution in [3.05, 3.63) is 223 Å². The first-order valence-electron chi connectivity index (χ1n) is 35.1. The van der Waals surface area contributed by atoms with Crippen LogP contribution in [-0.2, 0) is 91.8 Å². The molecule has 660 valence electrons. The fourth-order valence-electron chi connectivity index (χ4n) is 9.02. The summed E-state index contributed by atoms with van der Waals surface area (Å²) in [6.07, 6.45) is 24.3. The molecule has 0 unspecified atom stereocenters. The number of nitriles is 1. The number of ether oxygens (including phenoxy) is 2. The first-order chi connectivity index (χ1) is 57.5. The van der Waals surface area contributed by atoms with E-state index < -0.39 is 35.5 Å². The van der Waals surface area contributed by atoms with E-state index in [1.807, 2.05) is 59.2 Å². The Morgan fingerprint density at radius 3 is 1.12 bits per heavy atom. The molecule has 17 N–H and O–H groups in total. The number of ketones is 1. The third-order valence-corrected chi connectivity index (χ3v) is 15.2. The number of hydrogen-bond donors (Lipinski definition) is 12. The molecule has 10 heterocycles. The Balaban J connectivity index is 0.000000737. The van der Waals surface area contributed by atoms with E-state index in [4.69, 9.17) is 101 Å². The molecule has 0 atom stereocenters. The summed E-state index contributed by atoms with van der Waals surface area (Å²) in [4.78, 5) is 127. The fourth-order valence-corrected chi connectivity index (χ4v) is 9.81. The zero-order chi connectivity index (χ0) is 89.3. The molecular formula is C75H92Cl5LiN32O12. The first-order valence-corrected chi connectivity index (χ1v) is 37.0. The van der Waals surface area contributed by atoms with Crippen molar-refractivity contribution in [2.75, 3.05) is 56.2 Å². The summed E-state index contributed by atoms with van der Waals surface area (Å²) in [6.45, 7) is 10.4. The predicted molar refractivity (Wildman–Crippen MR) is 465 cm³/mol. The van der Waals surface area contributed by atoms with Crippen LogP contribution in [0.3, 0.4) is 0 Å². The topological polar surface area (TPSA) is 635 Å². The van der Waals surface area contributed by atoms with E-state index in [-0.39, 0.29) is 130 Å². The van der Waals surface area contributed by atoms with Crippen LogP contribution in [0.15, 0.2) is 141 Å². The number of benzene rings is 2. The van der Waals surface area contributed by atoms with Gasteiger partial charge < -0.3 is 80.2 Å². The monoisotopic (exact) mass is 1810 g/mol. The Morgan fingerprint density at radius 2 is 0.784 bits per heavy atom. The van der Waals surface area contributed by atoms with Gasteiger partial charge in [-0.25, -0.2) is 44.3 Å². The molecule has 44 nitrogen and oxygen atoms in total. The third kappa shape index (κ3) is 40.6. The number of carboxylic acids is 1. The molecular weight excluding hydrogens is 1730 g/mol. The minimum Gasteiger partial charge on any atom is -0.870 e.